The quantitative estimate of drug-likeness (QED) is 0.634. The normalized spacial score (nSPS) is 21.1. The van der Waals surface area contributed by atoms with Gasteiger partial charge in [0.2, 0.25) is 5.91 Å². The lowest BCUT2D eigenvalue weighted by molar-refractivity contribution is -0.121. The van der Waals surface area contributed by atoms with E-state index in [0.29, 0.717) is 12.5 Å². The van der Waals surface area contributed by atoms with Crippen LogP contribution in [-0.4, -0.2) is 25.0 Å². The second kappa shape index (κ2) is 6.82. The number of rotatable bonds is 6. The topological polar surface area (TPSA) is 41.1 Å². The van der Waals surface area contributed by atoms with E-state index in [1.54, 1.807) is 0 Å². The first-order valence-corrected chi connectivity index (χ1v) is 5.83. The van der Waals surface area contributed by atoms with Crippen LogP contribution in [0.15, 0.2) is 0 Å². The minimum Gasteiger partial charge on any atom is -0.352 e. The fourth-order valence-electron chi connectivity index (χ4n) is 1.79. The third kappa shape index (κ3) is 4.61. The smallest absolute Gasteiger partial charge is 0.220 e. The molecule has 3 nitrogen and oxygen atoms in total. The second-order valence-corrected chi connectivity index (χ2v) is 4.07. The first-order chi connectivity index (χ1) is 6.83. The Labute approximate surface area is 86.6 Å². The van der Waals surface area contributed by atoms with Crippen molar-refractivity contribution in [2.24, 2.45) is 0 Å². The van der Waals surface area contributed by atoms with Crippen molar-refractivity contribution in [2.75, 3.05) is 13.1 Å². The average Bonchev–Trinajstić information content (AvgIpc) is 2.65. The van der Waals surface area contributed by atoms with Gasteiger partial charge in [-0.15, -0.1) is 0 Å². The predicted octanol–water partition coefficient (Wildman–Crippen LogP) is 1.43. The van der Waals surface area contributed by atoms with Gasteiger partial charge in [-0.3, -0.25) is 4.79 Å². The van der Waals surface area contributed by atoms with Crippen LogP contribution in [0.1, 0.15) is 45.4 Å². The molecule has 1 fully saturated rings. The summed E-state index contributed by atoms with van der Waals surface area (Å²) >= 11 is 0. The molecule has 0 aromatic carbocycles. The van der Waals surface area contributed by atoms with Gasteiger partial charge in [0.1, 0.15) is 0 Å². The molecule has 1 atom stereocenters. The summed E-state index contributed by atoms with van der Waals surface area (Å²) in [5.74, 6) is 0.231. The molecule has 0 bridgehead atoms. The summed E-state index contributed by atoms with van der Waals surface area (Å²) in [5, 5.41) is 6.29. The van der Waals surface area contributed by atoms with Gasteiger partial charge in [0.15, 0.2) is 0 Å². The number of carbonyl (C=O) groups excluding carboxylic acids is 1. The summed E-state index contributed by atoms with van der Waals surface area (Å²) in [7, 11) is 0. The third-order valence-electron chi connectivity index (χ3n) is 2.68. The van der Waals surface area contributed by atoms with Gasteiger partial charge in [-0.2, -0.15) is 0 Å². The van der Waals surface area contributed by atoms with E-state index in [9.17, 15) is 4.79 Å². The second-order valence-electron chi connectivity index (χ2n) is 4.07. The highest BCUT2D eigenvalue weighted by Gasteiger charge is 2.15. The molecular formula is C11H22N2O. The lowest BCUT2D eigenvalue weighted by Crippen LogP contribution is -2.35. The first-order valence-electron chi connectivity index (χ1n) is 5.83. The summed E-state index contributed by atoms with van der Waals surface area (Å²) < 4.78 is 0. The largest absolute Gasteiger partial charge is 0.352 e. The van der Waals surface area contributed by atoms with E-state index >= 15 is 0 Å². The third-order valence-corrected chi connectivity index (χ3v) is 2.68. The maximum atomic E-state index is 11.4. The molecular weight excluding hydrogens is 176 g/mol. The van der Waals surface area contributed by atoms with E-state index in [4.69, 9.17) is 0 Å². The molecule has 1 rings (SSSR count). The molecule has 1 aliphatic rings. The molecule has 1 saturated heterocycles. The lowest BCUT2D eigenvalue weighted by Gasteiger charge is -2.10. The number of amides is 1. The fraction of sp³-hybridized carbons (Fsp3) is 0.909. The van der Waals surface area contributed by atoms with Crippen LogP contribution in [0.5, 0.6) is 0 Å². The standard InChI is InChI=1S/C11H22N2O/c1-2-3-4-5-6-11(14)13-10-7-8-12-9-10/h10,12H,2-9H2,1H3,(H,13,14)/t10-/m1/s1. The SMILES string of the molecule is CCCCCCC(=O)N[C@@H]1CCNC1. The van der Waals surface area contributed by atoms with E-state index < -0.39 is 0 Å². The Balaban J connectivity index is 1.98. The van der Waals surface area contributed by atoms with Gasteiger partial charge >= 0.3 is 0 Å². The van der Waals surface area contributed by atoms with Crippen LogP contribution in [-0.2, 0) is 4.79 Å². The van der Waals surface area contributed by atoms with Gasteiger partial charge in [0.05, 0.1) is 0 Å². The van der Waals surface area contributed by atoms with Crippen LogP contribution >= 0.6 is 0 Å². The Hall–Kier alpha value is -0.570. The Bertz CT molecular complexity index is 165. The van der Waals surface area contributed by atoms with Crippen molar-refractivity contribution in [2.45, 2.75) is 51.5 Å². The Morgan fingerprint density at radius 3 is 2.93 bits per heavy atom. The van der Waals surface area contributed by atoms with Crippen molar-refractivity contribution >= 4 is 5.91 Å². The van der Waals surface area contributed by atoms with E-state index in [1.165, 1.54) is 19.3 Å². The first kappa shape index (κ1) is 11.5. The molecule has 3 heteroatoms. The number of hydrogen-bond acceptors (Lipinski definition) is 2. The van der Waals surface area contributed by atoms with E-state index in [1.807, 2.05) is 0 Å². The van der Waals surface area contributed by atoms with Gasteiger partial charge in [0, 0.05) is 19.0 Å². The van der Waals surface area contributed by atoms with Gasteiger partial charge in [-0.25, -0.2) is 0 Å². The molecule has 1 aliphatic heterocycles. The molecule has 0 spiro atoms. The van der Waals surface area contributed by atoms with E-state index in [2.05, 4.69) is 17.6 Å². The predicted molar refractivity (Wildman–Crippen MR) is 58.2 cm³/mol. The van der Waals surface area contributed by atoms with Gasteiger partial charge in [0.25, 0.3) is 0 Å². The number of hydrogen-bond donors (Lipinski definition) is 2. The van der Waals surface area contributed by atoms with Crippen LogP contribution in [0.4, 0.5) is 0 Å². The van der Waals surface area contributed by atoms with Crippen molar-refractivity contribution < 1.29 is 4.79 Å². The minimum absolute atomic E-state index is 0.231. The highest BCUT2D eigenvalue weighted by atomic mass is 16.1. The van der Waals surface area contributed by atoms with Crippen molar-refractivity contribution in [1.82, 2.24) is 10.6 Å². The molecule has 0 unspecified atom stereocenters. The van der Waals surface area contributed by atoms with E-state index in [0.717, 1.165) is 25.9 Å². The van der Waals surface area contributed by atoms with Crippen molar-refractivity contribution in [3.8, 4) is 0 Å². The molecule has 2 N–H and O–H groups in total. The van der Waals surface area contributed by atoms with Crippen molar-refractivity contribution in [3.63, 3.8) is 0 Å². The average molecular weight is 198 g/mol. The summed E-state index contributed by atoms with van der Waals surface area (Å²) in [6.45, 7) is 4.17. The zero-order chi connectivity index (χ0) is 10.2. The summed E-state index contributed by atoms with van der Waals surface area (Å²) in [6, 6.07) is 0.383. The number of nitrogens with one attached hydrogen (secondary N) is 2. The molecule has 0 radical (unpaired) electrons. The van der Waals surface area contributed by atoms with Crippen molar-refractivity contribution in [1.29, 1.82) is 0 Å². The Morgan fingerprint density at radius 1 is 1.43 bits per heavy atom. The van der Waals surface area contributed by atoms with E-state index in [-0.39, 0.29) is 5.91 Å². The monoisotopic (exact) mass is 198 g/mol. The molecule has 0 aliphatic carbocycles. The zero-order valence-corrected chi connectivity index (χ0v) is 9.14. The summed E-state index contributed by atoms with van der Waals surface area (Å²) in [4.78, 5) is 11.4. The van der Waals surface area contributed by atoms with Gasteiger partial charge < -0.3 is 10.6 Å². The van der Waals surface area contributed by atoms with Crippen LogP contribution in [0.25, 0.3) is 0 Å². The van der Waals surface area contributed by atoms with Gasteiger partial charge in [-0.05, 0) is 19.4 Å². The summed E-state index contributed by atoms with van der Waals surface area (Å²) in [6.07, 6.45) is 6.50. The van der Waals surface area contributed by atoms with Crippen LogP contribution in [0.3, 0.4) is 0 Å². The molecule has 0 aromatic rings. The molecule has 82 valence electrons. The molecule has 14 heavy (non-hydrogen) atoms. The minimum atomic E-state index is 0.231. The van der Waals surface area contributed by atoms with Crippen LogP contribution in [0.2, 0.25) is 0 Å². The number of unbranched alkanes of at least 4 members (excludes halogenated alkanes) is 3. The molecule has 0 saturated carbocycles. The highest BCUT2D eigenvalue weighted by Crippen LogP contribution is 2.03. The molecule has 0 aromatic heterocycles. The number of carbonyl (C=O) groups is 1. The van der Waals surface area contributed by atoms with Crippen LogP contribution < -0.4 is 10.6 Å². The molecule has 1 amide bonds. The van der Waals surface area contributed by atoms with Crippen LogP contribution in [0, 0.1) is 0 Å². The molecule has 1 heterocycles. The fourth-order valence-corrected chi connectivity index (χ4v) is 1.79. The maximum absolute atomic E-state index is 11.4. The lowest BCUT2D eigenvalue weighted by atomic mass is 10.1. The summed E-state index contributed by atoms with van der Waals surface area (Å²) in [5.41, 5.74) is 0. The maximum Gasteiger partial charge on any atom is 0.220 e. The Kier molecular flexibility index (Phi) is 5.60. The zero-order valence-electron chi connectivity index (χ0n) is 9.14. The Morgan fingerprint density at radius 2 is 2.29 bits per heavy atom. The van der Waals surface area contributed by atoms with Crippen molar-refractivity contribution in [3.05, 3.63) is 0 Å². The van der Waals surface area contributed by atoms with Gasteiger partial charge in [-0.1, -0.05) is 26.2 Å². The highest BCUT2D eigenvalue weighted by molar-refractivity contribution is 5.76.